The number of hydrogen-bond donors (Lipinski definition) is 0. The smallest absolute Gasteiger partial charge is 0.337 e. The molecule has 2 heterocycles. The maximum atomic E-state index is 13.3. The van der Waals surface area contributed by atoms with Gasteiger partial charge in [0.2, 0.25) is 0 Å². The number of thiophene rings is 1. The SMILES string of the molecule is COC(=O)c1ccc(Cn2cnc3scc(-c4ccc5ccccc5c4)c3c2=O)cc1. The molecule has 5 nitrogen and oxygen atoms in total. The monoisotopic (exact) mass is 426 g/mol. The van der Waals surface area contributed by atoms with Crippen molar-refractivity contribution in [2.75, 3.05) is 7.11 Å². The molecule has 0 atom stereocenters. The van der Waals surface area contributed by atoms with Crippen molar-refractivity contribution < 1.29 is 9.53 Å². The second-order valence-electron chi connectivity index (χ2n) is 7.26. The third-order valence-electron chi connectivity index (χ3n) is 5.35. The number of esters is 1. The van der Waals surface area contributed by atoms with Gasteiger partial charge in [-0.2, -0.15) is 0 Å². The topological polar surface area (TPSA) is 61.2 Å². The van der Waals surface area contributed by atoms with Crippen LogP contribution in [0.5, 0.6) is 0 Å². The molecule has 0 aliphatic heterocycles. The van der Waals surface area contributed by atoms with Crippen molar-refractivity contribution >= 4 is 38.3 Å². The molecule has 2 aromatic heterocycles. The number of fused-ring (bicyclic) bond motifs is 2. The van der Waals surface area contributed by atoms with Crippen LogP contribution in [-0.2, 0) is 11.3 Å². The zero-order valence-electron chi connectivity index (χ0n) is 16.7. The van der Waals surface area contributed by atoms with Gasteiger partial charge < -0.3 is 4.74 Å². The van der Waals surface area contributed by atoms with E-state index in [1.807, 2.05) is 35.7 Å². The van der Waals surface area contributed by atoms with Crippen LogP contribution >= 0.6 is 11.3 Å². The van der Waals surface area contributed by atoms with Gasteiger partial charge in [0.15, 0.2) is 0 Å². The Kier molecular flexibility index (Phi) is 4.84. The highest BCUT2D eigenvalue weighted by Gasteiger charge is 2.14. The Morgan fingerprint density at radius 3 is 2.58 bits per heavy atom. The molecule has 0 aliphatic carbocycles. The number of carbonyl (C=O) groups is 1. The van der Waals surface area contributed by atoms with Crippen molar-refractivity contribution in [3.05, 3.63) is 99.9 Å². The maximum absolute atomic E-state index is 13.3. The van der Waals surface area contributed by atoms with Gasteiger partial charge in [-0.05, 0) is 40.1 Å². The molecule has 0 saturated heterocycles. The van der Waals surface area contributed by atoms with E-state index in [2.05, 4.69) is 29.2 Å². The van der Waals surface area contributed by atoms with E-state index < -0.39 is 0 Å². The highest BCUT2D eigenvalue weighted by molar-refractivity contribution is 7.17. The van der Waals surface area contributed by atoms with Crippen LogP contribution in [0.15, 0.2) is 83.2 Å². The van der Waals surface area contributed by atoms with Gasteiger partial charge in [-0.3, -0.25) is 9.36 Å². The minimum Gasteiger partial charge on any atom is -0.465 e. The number of carbonyl (C=O) groups excluding carboxylic acids is 1. The molecule has 0 spiro atoms. The molecule has 0 amide bonds. The lowest BCUT2D eigenvalue weighted by molar-refractivity contribution is 0.0600. The Morgan fingerprint density at radius 1 is 1.03 bits per heavy atom. The summed E-state index contributed by atoms with van der Waals surface area (Å²) in [7, 11) is 1.35. The minimum atomic E-state index is -0.384. The van der Waals surface area contributed by atoms with Crippen LogP contribution in [0.1, 0.15) is 15.9 Å². The van der Waals surface area contributed by atoms with E-state index in [0.717, 1.165) is 32.3 Å². The third-order valence-corrected chi connectivity index (χ3v) is 6.24. The van der Waals surface area contributed by atoms with Crippen LogP contribution in [0.25, 0.3) is 32.1 Å². The molecule has 0 fully saturated rings. The average Bonchev–Trinajstić information content (AvgIpc) is 3.25. The Hall–Kier alpha value is -3.77. The van der Waals surface area contributed by atoms with Crippen LogP contribution in [0.3, 0.4) is 0 Å². The second-order valence-corrected chi connectivity index (χ2v) is 8.12. The predicted octanol–water partition coefficient (Wildman–Crippen LogP) is 5.11. The molecule has 31 heavy (non-hydrogen) atoms. The normalized spacial score (nSPS) is 11.1. The van der Waals surface area contributed by atoms with Gasteiger partial charge in [-0.25, -0.2) is 9.78 Å². The molecule has 5 rings (SSSR count). The highest BCUT2D eigenvalue weighted by atomic mass is 32.1. The Morgan fingerprint density at radius 2 is 1.81 bits per heavy atom. The molecule has 0 saturated carbocycles. The van der Waals surface area contributed by atoms with E-state index in [-0.39, 0.29) is 11.5 Å². The van der Waals surface area contributed by atoms with Crippen molar-refractivity contribution in [3.8, 4) is 11.1 Å². The van der Waals surface area contributed by atoms with Crippen LogP contribution in [-0.4, -0.2) is 22.6 Å². The summed E-state index contributed by atoms with van der Waals surface area (Å²) in [5.74, 6) is -0.384. The van der Waals surface area contributed by atoms with Crippen molar-refractivity contribution in [1.29, 1.82) is 0 Å². The van der Waals surface area contributed by atoms with Crippen molar-refractivity contribution in [3.63, 3.8) is 0 Å². The first-order valence-electron chi connectivity index (χ1n) is 9.77. The first kappa shape index (κ1) is 19.2. The van der Waals surface area contributed by atoms with Gasteiger partial charge in [-0.1, -0.05) is 48.5 Å². The maximum Gasteiger partial charge on any atom is 0.337 e. The highest BCUT2D eigenvalue weighted by Crippen LogP contribution is 2.32. The fraction of sp³-hybridized carbons (Fsp3) is 0.0800. The Bertz CT molecular complexity index is 1480. The predicted molar refractivity (Wildman–Crippen MR) is 124 cm³/mol. The van der Waals surface area contributed by atoms with E-state index >= 15 is 0 Å². The van der Waals surface area contributed by atoms with E-state index in [4.69, 9.17) is 4.74 Å². The van der Waals surface area contributed by atoms with Crippen molar-refractivity contribution in [2.24, 2.45) is 0 Å². The first-order chi connectivity index (χ1) is 15.1. The van der Waals surface area contributed by atoms with Gasteiger partial charge in [0, 0.05) is 10.9 Å². The molecule has 0 N–H and O–H groups in total. The first-order valence-corrected chi connectivity index (χ1v) is 10.6. The molecule has 3 aromatic carbocycles. The molecule has 5 aromatic rings. The van der Waals surface area contributed by atoms with E-state index in [1.54, 1.807) is 23.0 Å². The van der Waals surface area contributed by atoms with E-state index in [0.29, 0.717) is 17.5 Å². The minimum absolute atomic E-state index is 0.0774. The summed E-state index contributed by atoms with van der Waals surface area (Å²) in [5.41, 5.74) is 3.20. The Balaban J connectivity index is 1.55. The van der Waals surface area contributed by atoms with Crippen LogP contribution < -0.4 is 5.56 Å². The Labute approximate surface area is 182 Å². The fourth-order valence-corrected chi connectivity index (χ4v) is 4.62. The number of methoxy groups -OCH3 is 1. The number of rotatable bonds is 4. The average molecular weight is 426 g/mol. The summed E-state index contributed by atoms with van der Waals surface area (Å²) in [6.07, 6.45) is 1.58. The van der Waals surface area contributed by atoms with Crippen molar-refractivity contribution in [2.45, 2.75) is 6.54 Å². The fourth-order valence-electron chi connectivity index (χ4n) is 3.71. The van der Waals surface area contributed by atoms with Gasteiger partial charge in [-0.15, -0.1) is 11.3 Å². The van der Waals surface area contributed by atoms with Gasteiger partial charge in [0.25, 0.3) is 5.56 Å². The number of hydrogen-bond acceptors (Lipinski definition) is 5. The summed E-state index contributed by atoms with van der Waals surface area (Å²) < 4.78 is 6.34. The zero-order valence-corrected chi connectivity index (χ0v) is 17.6. The van der Waals surface area contributed by atoms with E-state index in [1.165, 1.54) is 18.4 Å². The lowest BCUT2D eigenvalue weighted by atomic mass is 10.0. The largest absolute Gasteiger partial charge is 0.465 e. The van der Waals surface area contributed by atoms with Gasteiger partial charge in [0.1, 0.15) is 4.83 Å². The van der Waals surface area contributed by atoms with Crippen LogP contribution in [0.2, 0.25) is 0 Å². The molecule has 6 heteroatoms. The number of ether oxygens (including phenoxy) is 1. The molecule has 0 unspecified atom stereocenters. The lowest BCUT2D eigenvalue weighted by Crippen LogP contribution is -2.21. The molecule has 0 radical (unpaired) electrons. The quantitative estimate of drug-likeness (QED) is 0.375. The van der Waals surface area contributed by atoms with Crippen LogP contribution in [0, 0.1) is 0 Å². The molecule has 0 aliphatic rings. The molecule has 152 valence electrons. The van der Waals surface area contributed by atoms with Crippen molar-refractivity contribution in [1.82, 2.24) is 9.55 Å². The zero-order chi connectivity index (χ0) is 21.4. The van der Waals surface area contributed by atoms with Gasteiger partial charge >= 0.3 is 5.97 Å². The summed E-state index contributed by atoms with van der Waals surface area (Å²) in [5, 5.41) is 4.93. The second kappa shape index (κ2) is 7.81. The standard InChI is InChI=1S/C25H18N2O3S/c1-30-25(29)18-8-6-16(7-9-18)13-27-15-26-23-22(24(27)28)21(14-31-23)20-11-10-17-4-2-3-5-19(17)12-20/h2-12,14-15H,13H2,1H3. The number of nitrogens with zero attached hydrogens (tertiary/aromatic N) is 2. The van der Waals surface area contributed by atoms with Crippen LogP contribution in [0.4, 0.5) is 0 Å². The summed E-state index contributed by atoms with van der Waals surface area (Å²) >= 11 is 1.48. The summed E-state index contributed by atoms with van der Waals surface area (Å²) in [6.45, 7) is 0.371. The van der Waals surface area contributed by atoms with E-state index in [9.17, 15) is 9.59 Å². The molecular formula is C25H18N2O3S. The molecular weight excluding hydrogens is 408 g/mol. The molecule has 0 bridgehead atoms. The lowest BCUT2D eigenvalue weighted by Gasteiger charge is -2.08. The number of benzene rings is 3. The third kappa shape index (κ3) is 3.51. The number of aromatic nitrogens is 2. The van der Waals surface area contributed by atoms with Gasteiger partial charge in [0.05, 0.1) is 30.9 Å². The summed E-state index contributed by atoms with van der Waals surface area (Å²) in [4.78, 5) is 30.2. The summed E-state index contributed by atoms with van der Waals surface area (Å²) in [6, 6.07) is 21.4.